The summed E-state index contributed by atoms with van der Waals surface area (Å²) in [5, 5.41) is 0. The highest BCUT2D eigenvalue weighted by Crippen LogP contribution is 2.31. The minimum absolute atomic E-state index is 1.08. The molecule has 1 aromatic heterocycles. The Morgan fingerprint density at radius 3 is 2.92 bits per heavy atom. The number of aromatic nitrogens is 1. The maximum absolute atomic E-state index is 3.47. The lowest BCUT2D eigenvalue weighted by Crippen LogP contribution is -2.23. The molecule has 4 heteroatoms. The van der Waals surface area contributed by atoms with E-state index in [0.29, 0.717) is 0 Å². The second-order valence-electron chi connectivity index (χ2n) is 2.93. The molecule has 0 radical (unpaired) electrons. The summed E-state index contributed by atoms with van der Waals surface area (Å²) in [6.45, 7) is 2.02. The maximum Gasteiger partial charge on any atom is 0.0934 e. The molecular weight excluding hydrogens is 218 g/mol. The number of rotatable bonds is 0. The zero-order valence-electron chi connectivity index (χ0n) is 6.98. The van der Waals surface area contributed by atoms with Crippen LogP contribution in [0.4, 0.5) is 5.69 Å². The summed E-state index contributed by atoms with van der Waals surface area (Å²) in [5.74, 6) is 0. The van der Waals surface area contributed by atoms with Gasteiger partial charge in [0.25, 0.3) is 0 Å². The number of allylic oxidation sites excluding steroid dienone is 1. The van der Waals surface area contributed by atoms with Crippen LogP contribution in [-0.4, -0.2) is 4.57 Å². The number of hydrogen-bond acceptors (Lipinski definition) is 2. The molecule has 0 saturated carbocycles. The normalized spacial score (nSPS) is 14.4. The van der Waals surface area contributed by atoms with Crippen molar-refractivity contribution in [1.82, 2.24) is 9.99 Å². The van der Waals surface area contributed by atoms with E-state index in [4.69, 9.17) is 0 Å². The van der Waals surface area contributed by atoms with E-state index in [9.17, 15) is 0 Å². The summed E-state index contributed by atoms with van der Waals surface area (Å²) in [7, 11) is 2.03. The lowest BCUT2D eigenvalue weighted by atomic mass is 10.3. The van der Waals surface area contributed by atoms with E-state index in [1.165, 1.54) is 5.69 Å². The highest BCUT2D eigenvalue weighted by Gasteiger charge is 2.13. The third-order valence-corrected chi connectivity index (χ3v) is 2.52. The van der Waals surface area contributed by atoms with Crippen molar-refractivity contribution in [3.05, 3.63) is 22.1 Å². The first-order valence-corrected chi connectivity index (χ1v) is 4.53. The average molecular weight is 228 g/mol. The molecule has 2 rings (SSSR count). The summed E-state index contributed by atoms with van der Waals surface area (Å²) in [5.41, 5.74) is 9.59. The molecule has 1 aromatic rings. The topological polar surface area (TPSA) is 29.0 Å². The number of aryl methyl sites for hydroxylation is 1. The molecule has 0 atom stereocenters. The highest BCUT2D eigenvalue weighted by molar-refractivity contribution is 9.10. The number of nitrogens with zero attached hydrogens (tertiary/aromatic N) is 1. The third-order valence-electron chi connectivity index (χ3n) is 1.92. The van der Waals surface area contributed by atoms with Crippen LogP contribution in [0.25, 0.3) is 6.08 Å². The lowest BCUT2D eigenvalue weighted by molar-refractivity contribution is 0.888. The molecule has 2 heterocycles. The van der Waals surface area contributed by atoms with Crippen molar-refractivity contribution in [3.8, 4) is 0 Å². The van der Waals surface area contributed by atoms with Gasteiger partial charge in [-0.3, -0.25) is 5.43 Å². The van der Waals surface area contributed by atoms with Crippen LogP contribution in [0.5, 0.6) is 0 Å². The van der Waals surface area contributed by atoms with E-state index in [-0.39, 0.29) is 0 Å². The van der Waals surface area contributed by atoms with Gasteiger partial charge in [0.15, 0.2) is 0 Å². The average Bonchev–Trinajstić information content (AvgIpc) is 2.28. The van der Waals surface area contributed by atoms with Gasteiger partial charge in [-0.1, -0.05) is 0 Å². The molecule has 0 aromatic carbocycles. The van der Waals surface area contributed by atoms with Gasteiger partial charge in [0.2, 0.25) is 0 Å². The Morgan fingerprint density at radius 1 is 1.42 bits per heavy atom. The van der Waals surface area contributed by atoms with Crippen molar-refractivity contribution in [2.75, 3.05) is 5.43 Å². The molecule has 3 nitrogen and oxygen atoms in total. The van der Waals surface area contributed by atoms with Crippen molar-refractivity contribution in [2.24, 2.45) is 7.05 Å². The number of anilines is 1. The van der Waals surface area contributed by atoms with E-state index < -0.39 is 0 Å². The second kappa shape index (κ2) is 2.55. The predicted molar refractivity (Wildman–Crippen MR) is 53.5 cm³/mol. The third kappa shape index (κ3) is 1.03. The second-order valence-corrected chi connectivity index (χ2v) is 3.78. The van der Waals surface area contributed by atoms with Crippen molar-refractivity contribution >= 4 is 27.7 Å². The van der Waals surface area contributed by atoms with Crippen molar-refractivity contribution < 1.29 is 0 Å². The number of nitrogens with one attached hydrogen (secondary N) is 2. The molecule has 0 amide bonds. The highest BCUT2D eigenvalue weighted by atomic mass is 79.9. The lowest BCUT2D eigenvalue weighted by Gasteiger charge is -2.16. The molecule has 1 aliphatic heterocycles. The Bertz CT molecular complexity index is 351. The molecule has 0 bridgehead atoms. The number of fused-ring (bicyclic) bond motifs is 1. The van der Waals surface area contributed by atoms with E-state index in [0.717, 1.165) is 15.9 Å². The molecule has 0 saturated heterocycles. The summed E-state index contributed by atoms with van der Waals surface area (Å²) in [6, 6.07) is 0. The van der Waals surface area contributed by atoms with E-state index in [1.807, 2.05) is 20.2 Å². The Balaban J connectivity index is 2.61. The van der Waals surface area contributed by atoms with Crippen LogP contribution < -0.4 is 10.9 Å². The minimum atomic E-state index is 1.08. The van der Waals surface area contributed by atoms with Gasteiger partial charge in [0.05, 0.1) is 15.9 Å². The molecule has 0 unspecified atom stereocenters. The molecule has 0 spiro atoms. The van der Waals surface area contributed by atoms with E-state index in [2.05, 4.69) is 37.4 Å². The Labute approximate surface area is 79.6 Å². The van der Waals surface area contributed by atoms with Gasteiger partial charge in [0, 0.05) is 18.9 Å². The summed E-state index contributed by atoms with van der Waals surface area (Å²) in [6.07, 6.45) is 4.14. The number of hydrazine groups is 1. The van der Waals surface area contributed by atoms with Crippen molar-refractivity contribution in [2.45, 2.75) is 6.92 Å². The number of hydrogen-bond donors (Lipinski definition) is 2. The fourth-order valence-corrected chi connectivity index (χ4v) is 1.91. The smallest absolute Gasteiger partial charge is 0.0934 e. The quantitative estimate of drug-likeness (QED) is 0.711. The fraction of sp³-hybridized carbons (Fsp3) is 0.250. The summed E-state index contributed by atoms with van der Waals surface area (Å²) in [4.78, 5) is 0. The maximum atomic E-state index is 3.47. The largest absolute Gasteiger partial charge is 0.348 e. The first-order valence-electron chi connectivity index (χ1n) is 3.73. The van der Waals surface area contributed by atoms with Gasteiger partial charge < -0.3 is 9.99 Å². The van der Waals surface area contributed by atoms with Gasteiger partial charge >= 0.3 is 0 Å². The Kier molecular flexibility index (Phi) is 1.65. The zero-order chi connectivity index (χ0) is 8.72. The van der Waals surface area contributed by atoms with Crippen molar-refractivity contribution in [3.63, 3.8) is 0 Å². The molecule has 64 valence electrons. The monoisotopic (exact) mass is 227 g/mol. The van der Waals surface area contributed by atoms with Crippen LogP contribution >= 0.6 is 15.9 Å². The zero-order valence-corrected chi connectivity index (χ0v) is 8.57. The van der Waals surface area contributed by atoms with Gasteiger partial charge in [-0.25, -0.2) is 0 Å². The van der Waals surface area contributed by atoms with E-state index >= 15 is 0 Å². The fourth-order valence-electron chi connectivity index (χ4n) is 1.30. The van der Waals surface area contributed by atoms with Crippen LogP contribution in [0.1, 0.15) is 12.6 Å². The Morgan fingerprint density at radius 2 is 2.17 bits per heavy atom. The SMILES string of the molecule is CC1=Cc2c(c(Br)cn2C)NN1. The van der Waals surface area contributed by atoms with Crippen LogP contribution in [0, 0.1) is 0 Å². The van der Waals surface area contributed by atoms with Crippen molar-refractivity contribution in [1.29, 1.82) is 0 Å². The van der Waals surface area contributed by atoms with Crippen LogP contribution in [0.2, 0.25) is 0 Å². The van der Waals surface area contributed by atoms with Gasteiger partial charge in [-0.15, -0.1) is 0 Å². The minimum Gasteiger partial charge on any atom is -0.348 e. The Hall–Kier alpha value is -0.900. The molecule has 12 heavy (non-hydrogen) atoms. The molecule has 0 fully saturated rings. The first kappa shape index (κ1) is 7.73. The van der Waals surface area contributed by atoms with E-state index in [1.54, 1.807) is 0 Å². The van der Waals surface area contributed by atoms with Crippen LogP contribution in [0.3, 0.4) is 0 Å². The first-order chi connectivity index (χ1) is 5.68. The summed E-state index contributed by atoms with van der Waals surface area (Å²) >= 11 is 3.47. The predicted octanol–water partition coefficient (Wildman–Crippen LogP) is 2.08. The number of halogens is 1. The molecular formula is C8H10BrN3. The van der Waals surface area contributed by atoms with Crippen LogP contribution in [0.15, 0.2) is 16.4 Å². The molecule has 0 aliphatic carbocycles. The molecule has 2 N–H and O–H groups in total. The van der Waals surface area contributed by atoms with Gasteiger partial charge in [-0.2, -0.15) is 0 Å². The standard InChI is InChI=1S/C8H10BrN3/c1-5-3-7-8(11-10-5)6(9)4-12(7)2/h3-4,10-11H,1-2H3. The summed E-state index contributed by atoms with van der Waals surface area (Å²) < 4.78 is 3.16. The molecule has 1 aliphatic rings. The van der Waals surface area contributed by atoms with Gasteiger partial charge in [0.1, 0.15) is 0 Å². The van der Waals surface area contributed by atoms with Gasteiger partial charge in [-0.05, 0) is 28.9 Å². The van der Waals surface area contributed by atoms with Crippen LogP contribution in [-0.2, 0) is 7.05 Å².